The number of sulfonamides is 1. The Morgan fingerprint density at radius 1 is 1.17 bits per heavy atom. The van der Waals surface area contributed by atoms with E-state index in [4.69, 9.17) is 0 Å². The minimum absolute atomic E-state index is 0. The van der Waals surface area contributed by atoms with Crippen LogP contribution in [0, 0.1) is 5.92 Å². The highest BCUT2D eigenvalue weighted by molar-refractivity contribution is 14.0. The molecule has 1 unspecified atom stereocenters. The van der Waals surface area contributed by atoms with Crippen LogP contribution in [0.4, 0.5) is 0 Å². The summed E-state index contributed by atoms with van der Waals surface area (Å²) in [5.74, 6) is 2.65. The molecular weight excluding hydrogens is 531 g/mol. The van der Waals surface area contributed by atoms with Crippen LogP contribution in [0.25, 0.3) is 0 Å². The summed E-state index contributed by atoms with van der Waals surface area (Å²) in [7, 11) is -0.184. The van der Waals surface area contributed by atoms with Crippen molar-refractivity contribution in [3.05, 3.63) is 60.2 Å². The van der Waals surface area contributed by atoms with Crippen molar-refractivity contribution >= 4 is 51.7 Å². The lowest BCUT2D eigenvalue weighted by atomic mass is 10.2. The molecule has 1 fully saturated rings. The molecule has 0 aliphatic carbocycles. The number of hydrogen-bond acceptors (Lipinski definition) is 4. The number of aliphatic imine (C=N–C) groups is 1. The molecular formula is C21H29IN4O2S2. The Labute approximate surface area is 201 Å². The maximum absolute atomic E-state index is 11.8. The molecule has 1 atom stereocenters. The van der Waals surface area contributed by atoms with Gasteiger partial charge in [-0.25, -0.2) is 13.1 Å². The lowest BCUT2D eigenvalue weighted by Gasteiger charge is -2.22. The van der Waals surface area contributed by atoms with Crippen molar-refractivity contribution in [2.45, 2.75) is 22.8 Å². The van der Waals surface area contributed by atoms with Gasteiger partial charge in [0.1, 0.15) is 0 Å². The summed E-state index contributed by atoms with van der Waals surface area (Å²) in [4.78, 5) is 8.32. The van der Waals surface area contributed by atoms with Crippen LogP contribution < -0.4 is 10.0 Å². The first-order valence-electron chi connectivity index (χ1n) is 9.68. The number of likely N-dealkylation sites (tertiary alicyclic amines) is 1. The quantitative estimate of drug-likeness (QED) is 0.235. The second-order valence-corrected chi connectivity index (χ2v) is 9.96. The highest BCUT2D eigenvalue weighted by Gasteiger charge is 2.24. The first kappa shape index (κ1) is 25.0. The second kappa shape index (κ2) is 11.9. The van der Waals surface area contributed by atoms with Gasteiger partial charge in [0.25, 0.3) is 0 Å². The van der Waals surface area contributed by atoms with Crippen LogP contribution in [0.3, 0.4) is 0 Å². The number of rotatable bonds is 7. The third-order valence-electron chi connectivity index (χ3n) is 4.98. The van der Waals surface area contributed by atoms with Gasteiger partial charge in [-0.2, -0.15) is 0 Å². The smallest absolute Gasteiger partial charge is 0.240 e. The SMILES string of the molecule is CN=C(NCc1ccc(S(=O)(=O)NC)cc1)N1CCC(CSc2ccccc2)C1.I. The molecule has 0 aromatic heterocycles. The fourth-order valence-corrected chi connectivity index (χ4v) is 5.09. The number of thioether (sulfide) groups is 1. The zero-order chi connectivity index (χ0) is 20.7. The Bertz CT molecular complexity index is 922. The van der Waals surface area contributed by atoms with Gasteiger partial charge in [0, 0.05) is 37.3 Å². The molecule has 1 saturated heterocycles. The first-order valence-corrected chi connectivity index (χ1v) is 12.1. The fraction of sp³-hybridized carbons (Fsp3) is 0.381. The predicted molar refractivity (Wildman–Crippen MR) is 135 cm³/mol. The first-order chi connectivity index (χ1) is 14.0. The number of guanidine groups is 1. The number of benzene rings is 2. The molecule has 0 bridgehead atoms. The molecule has 2 aromatic carbocycles. The summed E-state index contributed by atoms with van der Waals surface area (Å²) < 4.78 is 26.0. The third-order valence-corrected chi connectivity index (χ3v) is 7.65. The second-order valence-electron chi connectivity index (χ2n) is 6.98. The highest BCUT2D eigenvalue weighted by Crippen LogP contribution is 2.25. The van der Waals surface area contributed by atoms with Crippen molar-refractivity contribution < 1.29 is 8.42 Å². The van der Waals surface area contributed by atoms with Crippen molar-refractivity contribution in [2.75, 3.05) is 32.9 Å². The van der Waals surface area contributed by atoms with Crippen LogP contribution in [0.1, 0.15) is 12.0 Å². The molecule has 2 aromatic rings. The van der Waals surface area contributed by atoms with Crippen molar-refractivity contribution in [3.8, 4) is 0 Å². The van der Waals surface area contributed by atoms with Crippen LogP contribution in [0.2, 0.25) is 0 Å². The van der Waals surface area contributed by atoms with Gasteiger partial charge in [0.2, 0.25) is 10.0 Å². The molecule has 9 heteroatoms. The topological polar surface area (TPSA) is 73.8 Å². The maximum Gasteiger partial charge on any atom is 0.240 e. The van der Waals surface area contributed by atoms with Gasteiger partial charge in [-0.1, -0.05) is 30.3 Å². The number of hydrogen-bond donors (Lipinski definition) is 2. The molecule has 1 aliphatic rings. The molecule has 30 heavy (non-hydrogen) atoms. The molecule has 0 amide bonds. The number of nitrogens with zero attached hydrogens (tertiary/aromatic N) is 2. The number of nitrogens with one attached hydrogen (secondary N) is 2. The van der Waals surface area contributed by atoms with Crippen molar-refractivity contribution in [2.24, 2.45) is 10.9 Å². The summed E-state index contributed by atoms with van der Waals surface area (Å²) >= 11 is 1.91. The van der Waals surface area contributed by atoms with Crippen molar-refractivity contribution in [3.63, 3.8) is 0 Å². The Kier molecular flexibility index (Phi) is 9.92. The molecule has 0 radical (unpaired) electrons. The van der Waals surface area contributed by atoms with E-state index in [9.17, 15) is 8.42 Å². The van der Waals surface area contributed by atoms with E-state index >= 15 is 0 Å². The van der Waals surface area contributed by atoms with E-state index in [1.165, 1.54) is 11.9 Å². The predicted octanol–water partition coefficient (Wildman–Crippen LogP) is 3.40. The highest BCUT2D eigenvalue weighted by atomic mass is 127. The van der Waals surface area contributed by atoms with Crippen LogP contribution in [-0.4, -0.2) is 52.2 Å². The molecule has 6 nitrogen and oxygen atoms in total. The fourth-order valence-electron chi connectivity index (χ4n) is 3.31. The lowest BCUT2D eigenvalue weighted by molar-refractivity contribution is 0.474. The van der Waals surface area contributed by atoms with Gasteiger partial charge in [-0.05, 0) is 49.2 Å². The standard InChI is InChI=1S/C21H28N4O2S2.HI/c1-22-21(24-14-17-8-10-20(11-9-17)29(26,27)23-2)25-13-12-18(15-25)16-28-19-6-4-3-5-7-19;/h3-11,18,23H,12-16H2,1-2H3,(H,22,24);1H. The molecule has 3 rings (SSSR count). The molecule has 1 heterocycles. The summed E-state index contributed by atoms with van der Waals surface area (Å²) in [6.45, 7) is 2.60. The molecule has 0 saturated carbocycles. The summed E-state index contributed by atoms with van der Waals surface area (Å²) in [6, 6.07) is 17.4. The van der Waals surface area contributed by atoms with Crippen LogP contribution in [0.15, 0.2) is 69.4 Å². The van der Waals surface area contributed by atoms with Crippen molar-refractivity contribution in [1.82, 2.24) is 14.9 Å². The van der Waals surface area contributed by atoms with E-state index in [1.54, 1.807) is 19.2 Å². The Morgan fingerprint density at radius 2 is 1.87 bits per heavy atom. The lowest BCUT2D eigenvalue weighted by Crippen LogP contribution is -2.39. The van der Waals surface area contributed by atoms with E-state index in [2.05, 4.69) is 44.2 Å². The van der Waals surface area contributed by atoms with E-state index in [1.807, 2.05) is 30.0 Å². The zero-order valence-electron chi connectivity index (χ0n) is 17.2. The van der Waals surface area contributed by atoms with Gasteiger partial charge in [-0.3, -0.25) is 4.99 Å². The van der Waals surface area contributed by atoms with Crippen LogP contribution in [-0.2, 0) is 16.6 Å². The maximum atomic E-state index is 11.8. The minimum Gasteiger partial charge on any atom is -0.352 e. The molecule has 0 spiro atoms. The zero-order valence-corrected chi connectivity index (χ0v) is 21.2. The van der Waals surface area contributed by atoms with Crippen LogP contribution >= 0.6 is 35.7 Å². The van der Waals surface area contributed by atoms with E-state index < -0.39 is 10.0 Å². The van der Waals surface area contributed by atoms with E-state index in [0.717, 1.165) is 36.8 Å². The Balaban J connectivity index is 0.00000320. The van der Waals surface area contributed by atoms with E-state index in [-0.39, 0.29) is 28.9 Å². The van der Waals surface area contributed by atoms with Gasteiger partial charge >= 0.3 is 0 Å². The van der Waals surface area contributed by atoms with Gasteiger partial charge in [0.15, 0.2) is 5.96 Å². The van der Waals surface area contributed by atoms with Gasteiger partial charge in [0.05, 0.1) is 4.90 Å². The van der Waals surface area contributed by atoms with E-state index in [0.29, 0.717) is 12.5 Å². The van der Waals surface area contributed by atoms with Gasteiger partial charge in [-0.15, -0.1) is 35.7 Å². The number of halogens is 1. The Hall–Kier alpha value is -1.30. The third kappa shape index (κ3) is 6.86. The average Bonchev–Trinajstić information content (AvgIpc) is 3.23. The Morgan fingerprint density at radius 3 is 2.50 bits per heavy atom. The minimum atomic E-state index is -3.40. The summed E-state index contributed by atoms with van der Waals surface area (Å²) in [6.07, 6.45) is 1.16. The molecule has 164 valence electrons. The molecule has 2 N–H and O–H groups in total. The van der Waals surface area contributed by atoms with Crippen LogP contribution in [0.5, 0.6) is 0 Å². The normalized spacial score (nSPS) is 16.9. The summed E-state index contributed by atoms with van der Waals surface area (Å²) in [5, 5.41) is 3.40. The largest absolute Gasteiger partial charge is 0.352 e. The average molecular weight is 561 g/mol. The summed E-state index contributed by atoms with van der Waals surface area (Å²) in [5.41, 5.74) is 1.01. The van der Waals surface area contributed by atoms with Crippen molar-refractivity contribution in [1.29, 1.82) is 0 Å². The monoisotopic (exact) mass is 560 g/mol. The van der Waals surface area contributed by atoms with Gasteiger partial charge < -0.3 is 10.2 Å². The molecule has 1 aliphatic heterocycles.